The quantitative estimate of drug-likeness (QED) is 0.806. The second-order valence-corrected chi connectivity index (χ2v) is 6.09. The van der Waals surface area contributed by atoms with Gasteiger partial charge in [-0.25, -0.2) is 0 Å². The minimum Gasteiger partial charge on any atom is -0.494 e. The molecule has 1 atom stereocenters. The van der Waals surface area contributed by atoms with Crippen LogP contribution in [0, 0.1) is 6.92 Å². The molecule has 0 aromatic heterocycles. The van der Waals surface area contributed by atoms with Gasteiger partial charge in [0.2, 0.25) is 0 Å². The Morgan fingerprint density at radius 2 is 1.95 bits per heavy atom. The van der Waals surface area contributed by atoms with Crippen molar-refractivity contribution in [2.75, 3.05) is 13.2 Å². The normalized spacial score (nSPS) is 12.2. The van der Waals surface area contributed by atoms with Crippen LogP contribution in [0.2, 0.25) is 10.0 Å². The molecule has 2 rings (SSSR count). The molecule has 0 saturated heterocycles. The van der Waals surface area contributed by atoms with Gasteiger partial charge >= 0.3 is 0 Å². The van der Waals surface area contributed by atoms with Crippen molar-refractivity contribution in [1.29, 1.82) is 0 Å². The zero-order valence-electron chi connectivity index (χ0n) is 12.9. The Bertz CT molecular complexity index is 643. The van der Waals surface area contributed by atoms with Gasteiger partial charge in [0.25, 0.3) is 0 Å². The molecule has 4 heteroatoms. The van der Waals surface area contributed by atoms with Gasteiger partial charge in [0.05, 0.1) is 16.7 Å². The van der Waals surface area contributed by atoms with E-state index in [1.165, 1.54) is 11.1 Å². The van der Waals surface area contributed by atoms with E-state index < -0.39 is 0 Å². The zero-order valence-corrected chi connectivity index (χ0v) is 14.4. The maximum atomic E-state index is 6.30. The van der Waals surface area contributed by atoms with Gasteiger partial charge in [-0.15, -0.1) is 0 Å². The second-order valence-electron chi connectivity index (χ2n) is 5.30. The van der Waals surface area contributed by atoms with Crippen LogP contribution in [0.3, 0.4) is 0 Å². The van der Waals surface area contributed by atoms with Gasteiger partial charge in [-0.2, -0.15) is 0 Å². The number of ether oxygens (including phenoxy) is 1. The van der Waals surface area contributed by atoms with Crippen molar-refractivity contribution in [3.05, 3.63) is 63.1 Å². The molecule has 2 N–H and O–H groups in total. The van der Waals surface area contributed by atoms with Crippen LogP contribution in [0.5, 0.6) is 5.75 Å². The average molecular weight is 338 g/mol. The SMILES string of the molecule is CCOc1ccc(C(CN)Cc2cccc(Cl)c2Cl)c(C)c1. The molecule has 0 spiro atoms. The molecular formula is C18H21Cl2NO. The molecule has 0 aliphatic rings. The first-order valence-electron chi connectivity index (χ1n) is 7.43. The van der Waals surface area contributed by atoms with Crippen LogP contribution < -0.4 is 10.5 Å². The van der Waals surface area contributed by atoms with E-state index in [9.17, 15) is 0 Å². The highest BCUT2D eigenvalue weighted by atomic mass is 35.5. The topological polar surface area (TPSA) is 35.2 Å². The maximum Gasteiger partial charge on any atom is 0.119 e. The van der Waals surface area contributed by atoms with E-state index in [4.69, 9.17) is 33.7 Å². The molecule has 0 heterocycles. The van der Waals surface area contributed by atoms with Gasteiger partial charge in [-0.3, -0.25) is 0 Å². The Hall–Kier alpha value is -1.22. The van der Waals surface area contributed by atoms with Crippen LogP contribution in [0.4, 0.5) is 0 Å². The Morgan fingerprint density at radius 1 is 1.18 bits per heavy atom. The summed E-state index contributed by atoms with van der Waals surface area (Å²) >= 11 is 12.4. The number of halogens is 2. The standard InChI is InChI=1S/C18H21Cl2NO/c1-3-22-15-7-8-16(12(2)9-15)14(11-21)10-13-5-4-6-17(19)18(13)20/h4-9,14H,3,10-11,21H2,1-2H3. The lowest BCUT2D eigenvalue weighted by molar-refractivity contribution is 0.340. The van der Waals surface area contributed by atoms with Crippen molar-refractivity contribution >= 4 is 23.2 Å². The summed E-state index contributed by atoms with van der Waals surface area (Å²) in [7, 11) is 0. The van der Waals surface area contributed by atoms with Crippen molar-refractivity contribution in [2.24, 2.45) is 5.73 Å². The Labute approximate surface area is 142 Å². The van der Waals surface area contributed by atoms with E-state index in [0.29, 0.717) is 23.2 Å². The van der Waals surface area contributed by atoms with Gasteiger partial charge in [0.15, 0.2) is 0 Å². The predicted molar refractivity (Wildman–Crippen MR) is 94.3 cm³/mol. The number of nitrogens with two attached hydrogens (primary N) is 1. The van der Waals surface area contributed by atoms with E-state index in [1.54, 1.807) is 6.07 Å². The van der Waals surface area contributed by atoms with Crippen molar-refractivity contribution in [3.8, 4) is 5.75 Å². The molecule has 2 aromatic rings. The van der Waals surface area contributed by atoms with Gasteiger partial charge in [-0.1, -0.05) is 41.4 Å². The first-order valence-corrected chi connectivity index (χ1v) is 8.18. The number of benzene rings is 2. The van der Waals surface area contributed by atoms with E-state index in [-0.39, 0.29) is 5.92 Å². The first kappa shape index (κ1) is 17.1. The van der Waals surface area contributed by atoms with E-state index >= 15 is 0 Å². The molecule has 0 fully saturated rings. The summed E-state index contributed by atoms with van der Waals surface area (Å²) in [6, 6.07) is 11.9. The molecule has 0 bridgehead atoms. The number of hydrogen-bond donors (Lipinski definition) is 1. The first-order chi connectivity index (χ1) is 10.6. The highest BCUT2D eigenvalue weighted by Crippen LogP contribution is 2.31. The molecule has 0 amide bonds. The molecule has 0 aliphatic heterocycles. The van der Waals surface area contributed by atoms with Crippen LogP contribution in [0.1, 0.15) is 29.5 Å². The fraction of sp³-hybridized carbons (Fsp3) is 0.333. The maximum absolute atomic E-state index is 6.30. The Morgan fingerprint density at radius 3 is 2.59 bits per heavy atom. The zero-order chi connectivity index (χ0) is 16.1. The van der Waals surface area contributed by atoms with Crippen LogP contribution in [0.15, 0.2) is 36.4 Å². The third-order valence-corrected chi connectivity index (χ3v) is 4.63. The van der Waals surface area contributed by atoms with Crippen molar-refractivity contribution in [2.45, 2.75) is 26.2 Å². The summed E-state index contributed by atoms with van der Waals surface area (Å²) < 4.78 is 5.54. The van der Waals surface area contributed by atoms with Crippen LogP contribution >= 0.6 is 23.2 Å². The molecule has 0 aliphatic carbocycles. The van der Waals surface area contributed by atoms with Crippen LogP contribution in [-0.4, -0.2) is 13.2 Å². The molecule has 1 unspecified atom stereocenters. The summed E-state index contributed by atoms with van der Waals surface area (Å²) in [4.78, 5) is 0. The van der Waals surface area contributed by atoms with E-state index in [1.807, 2.05) is 25.1 Å². The van der Waals surface area contributed by atoms with E-state index in [0.717, 1.165) is 17.7 Å². The molecule has 2 aromatic carbocycles. The largest absolute Gasteiger partial charge is 0.494 e. The lowest BCUT2D eigenvalue weighted by Crippen LogP contribution is -2.16. The summed E-state index contributed by atoms with van der Waals surface area (Å²) in [5.41, 5.74) is 9.43. The third-order valence-electron chi connectivity index (χ3n) is 3.77. The molecule has 2 nitrogen and oxygen atoms in total. The van der Waals surface area contributed by atoms with Crippen molar-refractivity contribution in [1.82, 2.24) is 0 Å². The number of aryl methyl sites for hydroxylation is 1. The average Bonchev–Trinajstić information content (AvgIpc) is 2.50. The molecule has 22 heavy (non-hydrogen) atoms. The third kappa shape index (κ3) is 3.95. The summed E-state index contributed by atoms with van der Waals surface area (Å²) in [6.45, 7) is 5.28. The van der Waals surface area contributed by atoms with Gasteiger partial charge in [0.1, 0.15) is 5.75 Å². The number of hydrogen-bond acceptors (Lipinski definition) is 2. The molecule has 0 radical (unpaired) electrons. The molecular weight excluding hydrogens is 317 g/mol. The fourth-order valence-corrected chi connectivity index (χ4v) is 3.05. The monoisotopic (exact) mass is 337 g/mol. The predicted octanol–water partition coefficient (Wildman–Crippen LogP) is 4.99. The van der Waals surface area contributed by atoms with Crippen molar-refractivity contribution in [3.63, 3.8) is 0 Å². The second kappa shape index (κ2) is 7.87. The van der Waals surface area contributed by atoms with Gasteiger partial charge in [0, 0.05) is 5.92 Å². The lowest BCUT2D eigenvalue weighted by atomic mass is 9.89. The van der Waals surface area contributed by atoms with E-state index in [2.05, 4.69) is 19.1 Å². The minimum absolute atomic E-state index is 0.201. The summed E-state index contributed by atoms with van der Waals surface area (Å²) in [6.07, 6.45) is 0.769. The number of rotatable bonds is 6. The smallest absolute Gasteiger partial charge is 0.119 e. The summed E-state index contributed by atoms with van der Waals surface area (Å²) in [5, 5.41) is 1.20. The van der Waals surface area contributed by atoms with Crippen molar-refractivity contribution < 1.29 is 4.74 Å². The molecule has 118 valence electrons. The van der Waals surface area contributed by atoms with Crippen LogP contribution in [0.25, 0.3) is 0 Å². The Kier molecular flexibility index (Phi) is 6.13. The van der Waals surface area contributed by atoms with Gasteiger partial charge < -0.3 is 10.5 Å². The highest BCUT2D eigenvalue weighted by molar-refractivity contribution is 6.42. The van der Waals surface area contributed by atoms with Gasteiger partial charge in [-0.05, 0) is 61.7 Å². The Balaban J connectivity index is 2.26. The summed E-state index contributed by atoms with van der Waals surface area (Å²) in [5.74, 6) is 1.09. The molecule has 0 saturated carbocycles. The highest BCUT2D eigenvalue weighted by Gasteiger charge is 2.16. The minimum atomic E-state index is 0.201. The van der Waals surface area contributed by atoms with Crippen LogP contribution in [-0.2, 0) is 6.42 Å². The lowest BCUT2D eigenvalue weighted by Gasteiger charge is -2.19. The fourth-order valence-electron chi connectivity index (χ4n) is 2.65.